The van der Waals surface area contributed by atoms with Crippen LogP contribution < -0.4 is 0 Å². The topological polar surface area (TPSA) is 34.1 Å². The normalized spacial score (nSPS) is 15.1. The van der Waals surface area contributed by atoms with Gasteiger partial charge in [0.15, 0.2) is 11.6 Å². The largest absolute Gasteiger partial charge is 0.293 e. The summed E-state index contributed by atoms with van der Waals surface area (Å²) in [6, 6.07) is 21.0. The van der Waals surface area contributed by atoms with Gasteiger partial charge in [-0.15, -0.1) is 0 Å². The molecule has 1 aliphatic carbocycles. The number of rotatable bonds is 3. The van der Waals surface area contributed by atoms with Gasteiger partial charge in [-0.1, -0.05) is 66.7 Å². The lowest BCUT2D eigenvalue weighted by molar-refractivity contribution is 0.0792. The van der Waals surface area contributed by atoms with E-state index < -0.39 is 5.41 Å². The van der Waals surface area contributed by atoms with Crippen molar-refractivity contribution in [2.45, 2.75) is 32.6 Å². The van der Waals surface area contributed by atoms with Gasteiger partial charge in [0.1, 0.15) is 5.41 Å². The van der Waals surface area contributed by atoms with Crippen molar-refractivity contribution in [3.8, 4) is 0 Å². The Labute approximate surface area is 159 Å². The Hall–Kier alpha value is -3.00. The quantitative estimate of drug-likeness (QED) is 0.608. The minimum atomic E-state index is -1.19. The number of carbonyl (C=O) groups excluding carboxylic acids is 2. The molecule has 0 N–H and O–H groups in total. The molecule has 2 heteroatoms. The molecule has 0 bridgehead atoms. The van der Waals surface area contributed by atoms with E-state index in [1.807, 2.05) is 61.5 Å². The van der Waals surface area contributed by atoms with Crippen molar-refractivity contribution in [3.63, 3.8) is 0 Å². The summed E-state index contributed by atoms with van der Waals surface area (Å²) in [6.07, 6.45) is 0.378. The fourth-order valence-electron chi connectivity index (χ4n) is 4.26. The molecule has 0 fully saturated rings. The number of hydrogen-bond acceptors (Lipinski definition) is 2. The second kappa shape index (κ2) is 6.31. The zero-order valence-electron chi connectivity index (χ0n) is 15.9. The third-order valence-corrected chi connectivity index (χ3v) is 6.02. The first kappa shape index (κ1) is 17.4. The Morgan fingerprint density at radius 2 is 1.22 bits per heavy atom. The van der Waals surface area contributed by atoms with Gasteiger partial charge in [0, 0.05) is 11.1 Å². The molecule has 0 heterocycles. The molecule has 27 heavy (non-hydrogen) atoms. The third-order valence-electron chi connectivity index (χ3n) is 6.02. The predicted octanol–water partition coefficient (Wildman–Crippen LogP) is 5.17. The highest BCUT2D eigenvalue weighted by Crippen LogP contribution is 2.44. The molecule has 0 spiro atoms. The third kappa shape index (κ3) is 2.48. The van der Waals surface area contributed by atoms with E-state index in [4.69, 9.17) is 0 Å². The van der Waals surface area contributed by atoms with Gasteiger partial charge in [-0.3, -0.25) is 9.59 Å². The molecule has 0 saturated heterocycles. The summed E-state index contributed by atoms with van der Waals surface area (Å²) in [4.78, 5) is 27.3. The number of benzene rings is 3. The first-order valence-electron chi connectivity index (χ1n) is 9.26. The van der Waals surface area contributed by atoms with Gasteiger partial charge in [0.2, 0.25) is 0 Å². The summed E-state index contributed by atoms with van der Waals surface area (Å²) in [5.41, 5.74) is 5.05. The van der Waals surface area contributed by atoms with Crippen LogP contribution >= 0.6 is 0 Å². The molecule has 0 saturated carbocycles. The Balaban J connectivity index is 2.00. The van der Waals surface area contributed by atoms with Crippen molar-refractivity contribution in [1.29, 1.82) is 0 Å². The van der Waals surface area contributed by atoms with Crippen LogP contribution in [0.15, 0.2) is 66.7 Å². The zero-order chi connectivity index (χ0) is 19.2. The molecule has 3 aromatic rings. The molecule has 4 rings (SSSR count). The summed E-state index contributed by atoms with van der Waals surface area (Å²) >= 11 is 0. The molecule has 0 amide bonds. The van der Waals surface area contributed by atoms with E-state index in [1.165, 1.54) is 5.56 Å². The molecule has 0 atom stereocenters. The fourth-order valence-corrected chi connectivity index (χ4v) is 4.26. The van der Waals surface area contributed by atoms with Crippen LogP contribution in [-0.4, -0.2) is 11.6 Å². The summed E-state index contributed by atoms with van der Waals surface area (Å²) in [5.74, 6) is -0.170. The summed E-state index contributed by atoms with van der Waals surface area (Å²) in [7, 11) is 0. The highest BCUT2D eigenvalue weighted by Gasteiger charge is 2.54. The van der Waals surface area contributed by atoms with Gasteiger partial charge in [0.25, 0.3) is 0 Å². The van der Waals surface area contributed by atoms with Crippen LogP contribution in [0.1, 0.15) is 48.5 Å². The second-order valence-corrected chi connectivity index (χ2v) is 7.45. The number of aryl methyl sites for hydroxylation is 1. The van der Waals surface area contributed by atoms with Crippen molar-refractivity contribution in [2.24, 2.45) is 0 Å². The van der Waals surface area contributed by atoms with Crippen molar-refractivity contribution in [1.82, 2.24) is 0 Å². The van der Waals surface area contributed by atoms with Gasteiger partial charge < -0.3 is 0 Å². The molecule has 0 radical (unpaired) electrons. The van der Waals surface area contributed by atoms with Crippen LogP contribution in [0.3, 0.4) is 0 Å². The first-order valence-corrected chi connectivity index (χ1v) is 9.26. The van der Waals surface area contributed by atoms with Crippen LogP contribution in [0.2, 0.25) is 0 Å². The highest BCUT2D eigenvalue weighted by atomic mass is 16.2. The van der Waals surface area contributed by atoms with Gasteiger partial charge in [-0.05, 0) is 55.0 Å². The summed E-state index contributed by atoms with van der Waals surface area (Å²) in [5, 5.41) is 0. The summed E-state index contributed by atoms with van der Waals surface area (Å²) in [6.45, 7) is 6.14. The van der Waals surface area contributed by atoms with Gasteiger partial charge in [0.05, 0.1) is 0 Å². The van der Waals surface area contributed by atoms with Crippen molar-refractivity contribution in [3.05, 3.63) is 106 Å². The van der Waals surface area contributed by atoms with Crippen LogP contribution in [0.25, 0.3) is 0 Å². The van der Waals surface area contributed by atoms with Crippen molar-refractivity contribution < 1.29 is 9.59 Å². The molecule has 3 aromatic carbocycles. The Kier molecular flexibility index (Phi) is 4.07. The molecular formula is C25H22O2. The zero-order valence-corrected chi connectivity index (χ0v) is 15.9. The van der Waals surface area contributed by atoms with Gasteiger partial charge >= 0.3 is 0 Å². The Morgan fingerprint density at radius 3 is 1.81 bits per heavy atom. The minimum absolute atomic E-state index is 0.0849. The monoisotopic (exact) mass is 354 g/mol. The lowest BCUT2D eigenvalue weighted by Gasteiger charge is -2.29. The highest BCUT2D eigenvalue weighted by molar-refractivity contribution is 6.33. The average molecular weight is 354 g/mol. The number of Topliss-reactive ketones (excluding diaryl/α,β-unsaturated/α-hetero) is 2. The number of fused-ring (bicyclic) bond motifs is 1. The van der Waals surface area contributed by atoms with E-state index in [-0.39, 0.29) is 11.6 Å². The fraction of sp³-hybridized carbons (Fsp3) is 0.200. The van der Waals surface area contributed by atoms with E-state index in [9.17, 15) is 9.59 Å². The van der Waals surface area contributed by atoms with E-state index in [0.717, 1.165) is 22.3 Å². The predicted molar refractivity (Wildman–Crippen MR) is 108 cm³/mol. The number of carbonyl (C=O) groups is 2. The molecule has 1 aliphatic rings. The maximum Gasteiger partial charge on any atom is 0.182 e. The second-order valence-electron chi connectivity index (χ2n) is 7.45. The van der Waals surface area contributed by atoms with E-state index in [1.54, 1.807) is 12.1 Å². The van der Waals surface area contributed by atoms with Crippen LogP contribution in [0, 0.1) is 20.8 Å². The van der Waals surface area contributed by atoms with Crippen LogP contribution in [-0.2, 0) is 11.8 Å². The average Bonchev–Trinajstić information content (AvgIpc) is 2.90. The Morgan fingerprint density at radius 1 is 0.667 bits per heavy atom. The lowest BCUT2D eigenvalue weighted by atomic mass is 9.69. The molecule has 2 nitrogen and oxygen atoms in total. The van der Waals surface area contributed by atoms with Crippen LogP contribution in [0.4, 0.5) is 0 Å². The summed E-state index contributed by atoms with van der Waals surface area (Å²) < 4.78 is 0. The maximum atomic E-state index is 13.7. The first-order chi connectivity index (χ1) is 13.0. The molecule has 0 unspecified atom stereocenters. The van der Waals surface area contributed by atoms with Gasteiger partial charge in [-0.2, -0.15) is 0 Å². The SMILES string of the molecule is Cc1ccc(C2(Cc3ccccc3)C(=O)c3ccccc3C2=O)c(C)c1C. The number of ketones is 2. The smallest absolute Gasteiger partial charge is 0.182 e. The van der Waals surface area contributed by atoms with E-state index >= 15 is 0 Å². The number of hydrogen-bond donors (Lipinski definition) is 0. The molecule has 0 aromatic heterocycles. The van der Waals surface area contributed by atoms with Crippen molar-refractivity contribution in [2.75, 3.05) is 0 Å². The van der Waals surface area contributed by atoms with E-state index in [2.05, 4.69) is 13.8 Å². The standard InChI is InChI=1S/C25H22O2/c1-16-13-14-22(18(3)17(16)2)25(15-19-9-5-4-6-10-19)23(26)20-11-7-8-12-21(20)24(25)27/h4-14H,15H2,1-3H3. The Bertz CT molecular complexity index is 1030. The van der Waals surface area contributed by atoms with Crippen molar-refractivity contribution >= 4 is 11.6 Å². The molecular weight excluding hydrogens is 332 g/mol. The van der Waals surface area contributed by atoms with Crippen LogP contribution in [0.5, 0.6) is 0 Å². The molecule has 134 valence electrons. The molecule has 0 aliphatic heterocycles. The minimum Gasteiger partial charge on any atom is -0.293 e. The maximum absolute atomic E-state index is 13.7. The lowest BCUT2D eigenvalue weighted by Crippen LogP contribution is -2.41. The van der Waals surface area contributed by atoms with Gasteiger partial charge in [-0.25, -0.2) is 0 Å². The van der Waals surface area contributed by atoms with E-state index in [0.29, 0.717) is 17.5 Å².